The lowest BCUT2D eigenvalue weighted by Gasteiger charge is -2.00. The molecule has 0 spiro atoms. The van der Waals surface area contributed by atoms with E-state index in [-0.39, 0.29) is 22.6 Å². The Labute approximate surface area is 111 Å². The molecular formula is C13H11FN4O2. The van der Waals surface area contributed by atoms with E-state index in [1.165, 1.54) is 17.7 Å². The van der Waals surface area contributed by atoms with Crippen LogP contribution in [0.5, 0.6) is 0 Å². The highest BCUT2D eigenvalue weighted by Gasteiger charge is 2.14. The average Bonchev–Trinajstić information content (AvgIpc) is 2.84. The second-order valence-corrected chi connectivity index (χ2v) is 4.59. The van der Waals surface area contributed by atoms with Gasteiger partial charge in [-0.15, -0.1) is 0 Å². The molecule has 0 unspecified atom stereocenters. The number of hydrogen-bond donors (Lipinski definition) is 2. The van der Waals surface area contributed by atoms with E-state index >= 15 is 0 Å². The second-order valence-electron chi connectivity index (χ2n) is 4.59. The van der Waals surface area contributed by atoms with E-state index in [9.17, 15) is 14.0 Å². The molecule has 3 rings (SSSR count). The Morgan fingerprint density at radius 3 is 2.75 bits per heavy atom. The Morgan fingerprint density at radius 2 is 2.00 bits per heavy atom. The molecule has 6 nitrogen and oxygen atoms in total. The highest BCUT2D eigenvalue weighted by atomic mass is 19.1. The molecule has 0 amide bonds. The van der Waals surface area contributed by atoms with Gasteiger partial charge in [0.15, 0.2) is 5.65 Å². The summed E-state index contributed by atoms with van der Waals surface area (Å²) >= 11 is 0. The fourth-order valence-corrected chi connectivity index (χ4v) is 2.05. The lowest BCUT2D eigenvalue weighted by molar-refractivity contribution is 0.630. The molecular weight excluding hydrogens is 263 g/mol. The number of nitrogens with one attached hydrogen (secondary N) is 2. The largest absolute Gasteiger partial charge is 0.332 e. The van der Waals surface area contributed by atoms with Gasteiger partial charge in [-0.3, -0.25) is 14.3 Å². The standard InChI is InChI=1S/C13H11FN4O2/c1-6-3-4-8(14)7(5-6)10-15-9-11(16-10)18(2)13(20)17-12(9)19/h3-5H,1-2H3,(H,15,16)(H,17,19,20). The van der Waals surface area contributed by atoms with Gasteiger partial charge in [0.2, 0.25) is 0 Å². The zero-order valence-electron chi connectivity index (χ0n) is 10.8. The summed E-state index contributed by atoms with van der Waals surface area (Å²) in [5.74, 6) is -0.232. The normalized spacial score (nSPS) is 11.2. The maximum Gasteiger partial charge on any atom is 0.329 e. The van der Waals surface area contributed by atoms with E-state index in [1.54, 1.807) is 12.1 Å². The SMILES string of the molecule is Cc1ccc(F)c(-c2nc3c([nH]2)c(=O)[nH]c(=O)n3C)c1. The highest BCUT2D eigenvalue weighted by Crippen LogP contribution is 2.22. The van der Waals surface area contributed by atoms with Crippen LogP contribution >= 0.6 is 0 Å². The van der Waals surface area contributed by atoms with E-state index in [1.807, 2.05) is 6.92 Å². The van der Waals surface area contributed by atoms with E-state index in [2.05, 4.69) is 15.0 Å². The average molecular weight is 274 g/mol. The van der Waals surface area contributed by atoms with Crippen LogP contribution in [0.3, 0.4) is 0 Å². The number of halogens is 1. The molecule has 0 aliphatic heterocycles. The first-order valence-electron chi connectivity index (χ1n) is 5.93. The first-order chi connectivity index (χ1) is 9.47. The molecule has 2 heterocycles. The number of imidazole rings is 1. The summed E-state index contributed by atoms with van der Waals surface area (Å²) < 4.78 is 15.0. The molecule has 2 aromatic heterocycles. The molecule has 0 saturated carbocycles. The first-order valence-corrected chi connectivity index (χ1v) is 5.93. The fourth-order valence-electron chi connectivity index (χ4n) is 2.05. The van der Waals surface area contributed by atoms with Crippen molar-refractivity contribution in [3.05, 3.63) is 50.4 Å². The predicted octanol–water partition coefficient (Wildman–Crippen LogP) is 1.06. The van der Waals surface area contributed by atoms with Crippen LogP contribution in [-0.4, -0.2) is 19.5 Å². The maximum atomic E-state index is 13.8. The van der Waals surface area contributed by atoms with E-state index in [0.29, 0.717) is 0 Å². The second kappa shape index (κ2) is 4.16. The van der Waals surface area contributed by atoms with Crippen molar-refractivity contribution in [1.82, 2.24) is 19.5 Å². The topological polar surface area (TPSA) is 83.5 Å². The molecule has 3 aromatic rings. The number of aryl methyl sites for hydroxylation is 2. The predicted molar refractivity (Wildman–Crippen MR) is 72.1 cm³/mol. The van der Waals surface area contributed by atoms with Crippen LogP contribution in [0.25, 0.3) is 22.6 Å². The van der Waals surface area contributed by atoms with Crippen molar-refractivity contribution in [1.29, 1.82) is 0 Å². The van der Waals surface area contributed by atoms with Gasteiger partial charge in [-0.05, 0) is 19.1 Å². The molecule has 20 heavy (non-hydrogen) atoms. The van der Waals surface area contributed by atoms with Crippen LogP contribution in [0.15, 0.2) is 27.8 Å². The quantitative estimate of drug-likeness (QED) is 0.696. The van der Waals surface area contributed by atoms with Crippen molar-refractivity contribution in [2.24, 2.45) is 7.05 Å². The van der Waals surface area contributed by atoms with Gasteiger partial charge in [-0.1, -0.05) is 11.6 Å². The smallest absolute Gasteiger partial charge is 0.329 e. The summed E-state index contributed by atoms with van der Waals surface area (Å²) in [6.45, 7) is 1.83. The number of H-pyrrole nitrogens is 2. The third-order valence-electron chi connectivity index (χ3n) is 3.13. The number of nitrogens with zero attached hydrogens (tertiary/aromatic N) is 2. The highest BCUT2D eigenvalue weighted by molar-refractivity contribution is 5.75. The molecule has 1 aromatic carbocycles. The molecule has 0 aliphatic carbocycles. The minimum absolute atomic E-state index is 0.142. The summed E-state index contributed by atoms with van der Waals surface area (Å²) in [4.78, 5) is 32.3. The zero-order valence-corrected chi connectivity index (χ0v) is 10.8. The van der Waals surface area contributed by atoms with Gasteiger partial charge in [-0.2, -0.15) is 0 Å². The fraction of sp³-hybridized carbons (Fsp3) is 0.154. The Morgan fingerprint density at radius 1 is 1.25 bits per heavy atom. The van der Waals surface area contributed by atoms with E-state index < -0.39 is 17.1 Å². The van der Waals surface area contributed by atoms with E-state index in [4.69, 9.17) is 0 Å². The van der Waals surface area contributed by atoms with Gasteiger partial charge in [0.1, 0.15) is 17.2 Å². The van der Waals surface area contributed by atoms with Crippen LogP contribution in [0, 0.1) is 12.7 Å². The van der Waals surface area contributed by atoms with Gasteiger partial charge in [0.25, 0.3) is 5.56 Å². The van der Waals surface area contributed by atoms with Crippen molar-refractivity contribution in [3.63, 3.8) is 0 Å². The minimum atomic E-state index is -0.574. The number of benzene rings is 1. The first kappa shape index (κ1) is 12.3. The van der Waals surface area contributed by atoms with Crippen molar-refractivity contribution < 1.29 is 4.39 Å². The molecule has 0 radical (unpaired) electrons. The van der Waals surface area contributed by atoms with Gasteiger partial charge >= 0.3 is 5.69 Å². The summed E-state index contributed by atoms with van der Waals surface area (Å²) in [6, 6.07) is 4.60. The van der Waals surface area contributed by atoms with Crippen LogP contribution in [0.2, 0.25) is 0 Å². The Bertz CT molecular complexity index is 936. The summed E-state index contributed by atoms with van der Waals surface area (Å²) in [5.41, 5.74) is 0.315. The summed E-state index contributed by atoms with van der Waals surface area (Å²) in [5, 5.41) is 0. The van der Waals surface area contributed by atoms with E-state index in [0.717, 1.165) is 5.56 Å². The Hall–Kier alpha value is -2.70. The minimum Gasteiger partial charge on any atom is -0.332 e. The molecule has 2 N–H and O–H groups in total. The lowest BCUT2D eigenvalue weighted by atomic mass is 10.1. The molecule has 0 aliphatic rings. The van der Waals surface area contributed by atoms with Gasteiger partial charge < -0.3 is 4.98 Å². The van der Waals surface area contributed by atoms with Crippen LogP contribution in [-0.2, 0) is 7.05 Å². The van der Waals surface area contributed by atoms with Crippen molar-refractivity contribution in [2.45, 2.75) is 6.92 Å². The van der Waals surface area contributed by atoms with Crippen LogP contribution in [0.4, 0.5) is 4.39 Å². The molecule has 7 heteroatoms. The molecule has 102 valence electrons. The molecule has 0 fully saturated rings. The van der Waals surface area contributed by atoms with Gasteiger partial charge in [0.05, 0.1) is 5.56 Å². The number of rotatable bonds is 1. The van der Waals surface area contributed by atoms with Gasteiger partial charge in [0, 0.05) is 7.05 Å². The zero-order chi connectivity index (χ0) is 14.4. The summed E-state index contributed by atoms with van der Waals surface area (Å²) in [6.07, 6.45) is 0. The molecule has 0 atom stereocenters. The molecule has 0 saturated heterocycles. The Balaban J connectivity index is 2.37. The van der Waals surface area contributed by atoms with Crippen molar-refractivity contribution in [2.75, 3.05) is 0 Å². The van der Waals surface area contributed by atoms with Crippen molar-refractivity contribution in [3.8, 4) is 11.4 Å². The number of aromatic amines is 2. The third-order valence-corrected chi connectivity index (χ3v) is 3.13. The van der Waals surface area contributed by atoms with Gasteiger partial charge in [-0.25, -0.2) is 14.2 Å². The maximum absolute atomic E-state index is 13.8. The molecule has 0 bridgehead atoms. The van der Waals surface area contributed by atoms with Crippen molar-refractivity contribution >= 4 is 11.2 Å². The third kappa shape index (κ3) is 1.75. The lowest BCUT2D eigenvalue weighted by Crippen LogP contribution is -2.28. The monoisotopic (exact) mass is 274 g/mol. The number of aromatic nitrogens is 4. The summed E-state index contributed by atoms with van der Waals surface area (Å²) in [7, 11) is 1.48. The van der Waals surface area contributed by atoms with Crippen LogP contribution in [0.1, 0.15) is 5.56 Å². The Kier molecular flexibility index (Phi) is 2.56. The number of hydrogen-bond acceptors (Lipinski definition) is 3. The number of fused-ring (bicyclic) bond motifs is 1. The van der Waals surface area contributed by atoms with Crippen LogP contribution < -0.4 is 11.2 Å².